The van der Waals surface area contributed by atoms with Crippen LogP contribution >= 0.6 is 0 Å². The number of carbonyl (C=O) groups is 1. The molecule has 1 aromatic carbocycles. The maximum Gasteiger partial charge on any atom is 0.320 e. The van der Waals surface area contributed by atoms with E-state index in [-0.39, 0.29) is 12.5 Å². The monoisotopic (exact) mass is 295 g/mol. The molecular formula is C16H25NO4. The molecule has 0 heterocycles. The van der Waals surface area contributed by atoms with Crippen molar-refractivity contribution in [1.82, 2.24) is 4.90 Å². The van der Waals surface area contributed by atoms with E-state index in [1.807, 2.05) is 57.0 Å². The lowest BCUT2D eigenvalue weighted by Gasteiger charge is -2.22. The summed E-state index contributed by atoms with van der Waals surface area (Å²) >= 11 is 0. The number of carbonyl (C=O) groups excluding carboxylic acids is 1. The van der Waals surface area contributed by atoms with Crippen LogP contribution in [0.15, 0.2) is 24.3 Å². The van der Waals surface area contributed by atoms with Crippen LogP contribution in [0.25, 0.3) is 0 Å². The van der Waals surface area contributed by atoms with E-state index >= 15 is 0 Å². The first kappa shape index (κ1) is 17.3. The SMILES string of the molecule is COc1ccc(OCCN(C)CC(=O)OC(C)(C)C)cc1. The zero-order valence-electron chi connectivity index (χ0n) is 13.5. The van der Waals surface area contributed by atoms with Crippen LogP contribution in [0.1, 0.15) is 20.8 Å². The van der Waals surface area contributed by atoms with Crippen molar-refractivity contribution in [3.8, 4) is 11.5 Å². The molecule has 0 saturated heterocycles. The second kappa shape index (κ2) is 7.88. The van der Waals surface area contributed by atoms with Crippen LogP contribution in [0.2, 0.25) is 0 Å². The molecular weight excluding hydrogens is 270 g/mol. The van der Waals surface area contributed by atoms with Gasteiger partial charge in [0.1, 0.15) is 23.7 Å². The molecule has 1 aromatic rings. The highest BCUT2D eigenvalue weighted by Crippen LogP contribution is 2.16. The highest BCUT2D eigenvalue weighted by atomic mass is 16.6. The van der Waals surface area contributed by atoms with E-state index in [2.05, 4.69) is 0 Å². The van der Waals surface area contributed by atoms with Gasteiger partial charge in [-0.1, -0.05) is 0 Å². The van der Waals surface area contributed by atoms with E-state index in [1.165, 1.54) is 0 Å². The van der Waals surface area contributed by atoms with Crippen molar-refractivity contribution in [2.45, 2.75) is 26.4 Å². The smallest absolute Gasteiger partial charge is 0.320 e. The van der Waals surface area contributed by atoms with Gasteiger partial charge in [0.2, 0.25) is 0 Å². The molecule has 0 fully saturated rings. The van der Waals surface area contributed by atoms with E-state index in [0.29, 0.717) is 13.2 Å². The van der Waals surface area contributed by atoms with Gasteiger partial charge in [-0.25, -0.2) is 0 Å². The lowest BCUT2D eigenvalue weighted by Crippen LogP contribution is -2.34. The number of benzene rings is 1. The fourth-order valence-corrected chi connectivity index (χ4v) is 1.66. The normalized spacial score (nSPS) is 11.3. The van der Waals surface area contributed by atoms with Gasteiger partial charge in [-0.15, -0.1) is 0 Å². The number of esters is 1. The van der Waals surface area contributed by atoms with Crippen LogP contribution in [0, 0.1) is 0 Å². The molecule has 0 aliphatic heterocycles. The Balaban J connectivity index is 2.26. The van der Waals surface area contributed by atoms with E-state index in [1.54, 1.807) is 7.11 Å². The number of likely N-dealkylation sites (N-methyl/N-ethyl adjacent to an activating group) is 1. The molecule has 0 radical (unpaired) electrons. The molecule has 0 unspecified atom stereocenters. The quantitative estimate of drug-likeness (QED) is 0.723. The van der Waals surface area contributed by atoms with Crippen molar-refractivity contribution in [2.24, 2.45) is 0 Å². The molecule has 0 aliphatic rings. The number of rotatable bonds is 7. The van der Waals surface area contributed by atoms with Crippen LogP contribution in [-0.2, 0) is 9.53 Å². The molecule has 0 aliphatic carbocycles. The summed E-state index contributed by atoms with van der Waals surface area (Å²) in [6.45, 7) is 6.98. The van der Waals surface area contributed by atoms with E-state index < -0.39 is 5.60 Å². The molecule has 0 N–H and O–H groups in total. The van der Waals surface area contributed by atoms with Crippen LogP contribution in [0.4, 0.5) is 0 Å². The Hall–Kier alpha value is -1.75. The van der Waals surface area contributed by atoms with Crippen molar-refractivity contribution < 1.29 is 19.0 Å². The molecule has 5 heteroatoms. The van der Waals surface area contributed by atoms with E-state index in [4.69, 9.17) is 14.2 Å². The number of hydrogen-bond donors (Lipinski definition) is 0. The second-order valence-corrected chi connectivity index (χ2v) is 5.85. The van der Waals surface area contributed by atoms with Gasteiger partial charge in [0.25, 0.3) is 0 Å². The molecule has 118 valence electrons. The summed E-state index contributed by atoms with van der Waals surface area (Å²) in [5.41, 5.74) is -0.447. The number of hydrogen-bond acceptors (Lipinski definition) is 5. The Morgan fingerprint density at radius 2 is 1.71 bits per heavy atom. The molecule has 5 nitrogen and oxygen atoms in total. The topological polar surface area (TPSA) is 48.0 Å². The lowest BCUT2D eigenvalue weighted by molar-refractivity contribution is -0.155. The number of ether oxygens (including phenoxy) is 3. The second-order valence-electron chi connectivity index (χ2n) is 5.85. The summed E-state index contributed by atoms with van der Waals surface area (Å²) in [6, 6.07) is 7.40. The van der Waals surface area contributed by atoms with Crippen LogP contribution in [-0.4, -0.2) is 50.3 Å². The predicted octanol–water partition coefficient (Wildman–Crippen LogP) is 2.35. The molecule has 0 atom stereocenters. The number of nitrogens with zero attached hydrogens (tertiary/aromatic N) is 1. The largest absolute Gasteiger partial charge is 0.497 e. The minimum absolute atomic E-state index is 0.227. The van der Waals surface area contributed by atoms with Gasteiger partial charge in [-0.3, -0.25) is 9.69 Å². The van der Waals surface area contributed by atoms with Gasteiger partial charge in [0, 0.05) is 6.54 Å². The Morgan fingerprint density at radius 3 is 2.24 bits per heavy atom. The summed E-state index contributed by atoms with van der Waals surface area (Å²) in [5.74, 6) is 1.35. The maximum absolute atomic E-state index is 11.7. The third-order valence-electron chi connectivity index (χ3n) is 2.62. The molecule has 0 saturated carbocycles. The average molecular weight is 295 g/mol. The van der Waals surface area contributed by atoms with Gasteiger partial charge in [0.15, 0.2) is 0 Å². The van der Waals surface area contributed by atoms with E-state index in [0.717, 1.165) is 11.5 Å². The Bertz CT molecular complexity index is 437. The summed E-state index contributed by atoms with van der Waals surface area (Å²) in [4.78, 5) is 13.5. The highest BCUT2D eigenvalue weighted by Gasteiger charge is 2.17. The zero-order chi connectivity index (χ0) is 15.9. The first-order valence-electron chi connectivity index (χ1n) is 6.97. The van der Waals surface area contributed by atoms with Crippen LogP contribution in [0.3, 0.4) is 0 Å². The molecule has 0 bridgehead atoms. The number of methoxy groups -OCH3 is 1. The summed E-state index contributed by atoms with van der Waals surface area (Å²) in [5, 5.41) is 0. The Morgan fingerprint density at radius 1 is 1.14 bits per heavy atom. The first-order chi connectivity index (χ1) is 9.80. The third kappa shape index (κ3) is 7.56. The van der Waals surface area contributed by atoms with Crippen molar-refractivity contribution in [3.63, 3.8) is 0 Å². The zero-order valence-corrected chi connectivity index (χ0v) is 13.5. The van der Waals surface area contributed by atoms with Gasteiger partial charge in [0.05, 0.1) is 13.7 Å². The summed E-state index contributed by atoms with van der Waals surface area (Å²) in [6.07, 6.45) is 0. The van der Waals surface area contributed by atoms with Gasteiger partial charge in [-0.2, -0.15) is 0 Å². The van der Waals surface area contributed by atoms with E-state index in [9.17, 15) is 4.79 Å². The highest BCUT2D eigenvalue weighted by molar-refractivity contribution is 5.72. The molecule has 1 rings (SSSR count). The van der Waals surface area contributed by atoms with Gasteiger partial charge in [-0.05, 0) is 52.1 Å². The van der Waals surface area contributed by atoms with Crippen LogP contribution < -0.4 is 9.47 Å². The molecule has 0 aromatic heterocycles. The lowest BCUT2D eigenvalue weighted by atomic mass is 10.2. The first-order valence-corrected chi connectivity index (χ1v) is 6.97. The fraction of sp³-hybridized carbons (Fsp3) is 0.562. The Kier molecular flexibility index (Phi) is 6.49. The van der Waals surface area contributed by atoms with Crippen LogP contribution in [0.5, 0.6) is 11.5 Å². The Labute approximate surface area is 126 Å². The van der Waals surface area contributed by atoms with Gasteiger partial charge < -0.3 is 14.2 Å². The molecule has 0 spiro atoms. The third-order valence-corrected chi connectivity index (χ3v) is 2.62. The minimum atomic E-state index is -0.447. The molecule has 21 heavy (non-hydrogen) atoms. The summed E-state index contributed by atoms with van der Waals surface area (Å²) < 4.78 is 16.0. The van der Waals surface area contributed by atoms with Gasteiger partial charge >= 0.3 is 5.97 Å². The standard InChI is InChI=1S/C16H25NO4/c1-16(2,3)21-15(18)12-17(4)10-11-20-14-8-6-13(19-5)7-9-14/h6-9H,10-12H2,1-5H3. The maximum atomic E-state index is 11.7. The van der Waals surface area contributed by atoms with Crippen molar-refractivity contribution >= 4 is 5.97 Å². The van der Waals surface area contributed by atoms with Crippen molar-refractivity contribution in [2.75, 3.05) is 33.9 Å². The average Bonchev–Trinajstić information content (AvgIpc) is 2.37. The summed E-state index contributed by atoms with van der Waals surface area (Å²) in [7, 11) is 3.49. The fourth-order valence-electron chi connectivity index (χ4n) is 1.66. The minimum Gasteiger partial charge on any atom is -0.497 e. The predicted molar refractivity (Wildman–Crippen MR) is 81.8 cm³/mol. The van der Waals surface area contributed by atoms with Crippen molar-refractivity contribution in [3.05, 3.63) is 24.3 Å². The van der Waals surface area contributed by atoms with Crippen molar-refractivity contribution in [1.29, 1.82) is 0 Å². The molecule has 0 amide bonds.